The average Bonchev–Trinajstić information content (AvgIpc) is 2.95. The lowest BCUT2D eigenvalue weighted by Gasteiger charge is -2.09. The first kappa shape index (κ1) is 12.1. The van der Waals surface area contributed by atoms with Gasteiger partial charge in [-0.3, -0.25) is 4.79 Å². The van der Waals surface area contributed by atoms with Crippen LogP contribution in [0.2, 0.25) is 0 Å². The number of nitrogens with one attached hydrogen (secondary N) is 1. The lowest BCUT2D eigenvalue weighted by molar-refractivity contribution is -0.125. The van der Waals surface area contributed by atoms with Crippen molar-refractivity contribution < 1.29 is 4.79 Å². The summed E-state index contributed by atoms with van der Waals surface area (Å²) in [6.45, 7) is 0.571. The number of nitrogens with two attached hydrogens (primary N) is 1. The Morgan fingerprint density at radius 2 is 2.28 bits per heavy atom. The van der Waals surface area contributed by atoms with Gasteiger partial charge in [0, 0.05) is 23.3 Å². The molecule has 1 aromatic heterocycles. The maximum absolute atomic E-state index is 11.9. The molecule has 18 heavy (non-hydrogen) atoms. The Bertz CT molecular complexity index is 441. The third-order valence-electron chi connectivity index (χ3n) is 3.82. The number of thiazole rings is 1. The van der Waals surface area contributed by atoms with E-state index in [0.29, 0.717) is 12.5 Å². The fraction of sp³-hybridized carbons (Fsp3) is 0.692. The fourth-order valence-corrected chi connectivity index (χ4v) is 3.35. The number of nitrogens with zero attached hydrogens (tertiary/aromatic N) is 1. The molecule has 3 N–H and O–H groups in total. The van der Waals surface area contributed by atoms with Crippen LogP contribution >= 0.6 is 11.3 Å². The molecule has 4 nitrogen and oxygen atoms in total. The van der Waals surface area contributed by atoms with Crippen LogP contribution in [0.3, 0.4) is 0 Å². The summed E-state index contributed by atoms with van der Waals surface area (Å²) in [7, 11) is 0. The number of rotatable bonds is 4. The first-order valence-corrected chi connectivity index (χ1v) is 7.58. The van der Waals surface area contributed by atoms with Gasteiger partial charge in [0.05, 0.1) is 12.2 Å². The molecule has 2 unspecified atom stereocenters. The number of carbonyl (C=O) groups is 1. The van der Waals surface area contributed by atoms with E-state index in [1.165, 1.54) is 18.5 Å². The molecule has 5 heteroatoms. The molecule has 3 rings (SSSR count). The lowest BCUT2D eigenvalue weighted by atomic mass is 10.1. The van der Waals surface area contributed by atoms with Crippen LogP contribution in [0, 0.1) is 5.92 Å². The predicted octanol–water partition coefficient (Wildman–Crippen LogP) is 1.76. The standard InChI is InChI=1S/C13H19N3OS/c14-10-4-3-9(5-10)13(17)15-6-12-16-11(7-18-12)8-1-2-8/h7-10H,1-6,14H2,(H,15,17). The summed E-state index contributed by atoms with van der Waals surface area (Å²) < 4.78 is 0. The summed E-state index contributed by atoms with van der Waals surface area (Å²) in [5.41, 5.74) is 7.04. The van der Waals surface area contributed by atoms with Crippen LogP contribution in [0.5, 0.6) is 0 Å². The second kappa shape index (κ2) is 4.97. The highest BCUT2D eigenvalue weighted by molar-refractivity contribution is 7.09. The topological polar surface area (TPSA) is 68.0 Å². The number of hydrogen-bond acceptors (Lipinski definition) is 4. The Balaban J connectivity index is 1.49. The van der Waals surface area contributed by atoms with Gasteiger partial charge in [-0.15, -0.1) is 11.3 Å². The van der Waals surface area contributed by atoms with Gasteiger partial charge in [-0.2, -0.15) is 0 Å². The van der Waals surface area contributed by atoms with Gasteiger partial charge in [-0.05, 0) is 32.1 Å². The maximum Gasteiger partial charge on any atom is 0.223 e. The van der Waals surface area contributed by atoms with Crippen molar-refractivity contribution in [2.24, 2.45) is 11.7 Å². The fourth-order valence-electron chi connectivity index (χ4n) is 2.53. The van der Waals surface area contributed by atoms with Crippen LogP contribution < -0.4 is 11.1 Å². The molecule has 2 fully saturated rings. The summed E-state index contributed by atoms with van der Waals surface area (Å²) in [4.78, 5) is 16.5. The summed E-state index contributed by atoms with van der Waals surface area (Å²) in [6, 6.07) is 0.210. The van der Waals surface area contributed by atoms with Crippen molar-refractivity contribution in [1.82, 2.24) is 10.3 Å². The predicted molar refractivity (Wildman–Crippen MR) is 71.3 cm³/mol. The third kappa shape index (κ3) is 2.72. The quantitative estimate of drug-likeness (QED) is 0.871. The first-order chi connectivity index (χ1) is 8.72. The molecule has 0 aromatic carbocycles. The lowest BCUT2D eigenvalue weighted by Crippen LogP contribution is -2.29. The van der Waals surface area contributed by atoms with Crippen LogP contribution in [0.15, 0.2) is 5.38 Å². The highest BCUT2D eigenvalue weighted by Gasteiger charge is 2.28. The van der Waals surface area contributed by atoms with Crippen LogP contribution in [0.1, 0.15) is 48.7 Å². The van der Waals surface area contributed by atoms with Crippen molar-refractivity contribution in [1.29, 1.82) is 0 Å². The van der Waals surface area contributed by atoms with Gasteiger partial charge in [0.15, 0.2) is 0 Å². The molecule has 2 saturated carbocycles. The summed E-state index contributed by atoms with van der Waals surface area (Å²) >= 11 is 1.65. The Labute approximate surface area is 111 Å². The van der Waals surface area contributed by atoms with E-state index in [-0.39, 0.29) is 17.9 Å². The number of hydrogen-bond donors (Lipinski definition) is 2. The molecule has 1 heterocycles. The first-order valence-electron chi connectivity index (χ1n) is 6.70. The number of amides is 1. The Kier molecular flexibility index (Phi) is 3.35. The molecule has 0 spiro atoms. The molecule has 0 bridgehead atoms. The van der Waals surface area contributed by atoms with Crippen LogP contribution in [0.25, 0.3) is 0 Å². The smallest absolute Gasteiger partial charge is 0.223 e. The second-order valence-electron chi connectivity index (χ2n) is 5.43. The minimum atomic E-state index is 0.114. The van der Waals surface area contributed by atoms with Crippen molar-refractivity contribution in [3.05, 3.63) is 16.1 Å². The molecule has 1 amide bonds. The molecule has 0 saturated heterocycles. The Morgan fingerprint density at radius 1 is 1.44 bits per heavy atom. The van der Waals surface area contributed by atoms with Gasteiger partial charge in [-0.1, -0.05) is 0 Å². The van der Waals surface area contributed by atoms with Gasteiger partial charge in [-0.25, -0.2) is 4.98 Å². The average molecular weight is 265 g/mol. The normalized spacial score (nSPS) is 27.4. The molecular formula is C13H19N3OS. The zero-order chi connectivity index (χ0) is 12.5. The largest absolute Gasteiger partial charge is 0.349 e. The van der Waals surface area contributed by atoms with Gasteiger partial charge < -0.3 is 11.1 Å². The van der Waals surface area contributed by atoms with Crippen molar-refractivity contribution in [3.63, 3.8) is 0 Å². The molecule has 98 valence electrons. The van der Waals surface area contributed by atoms with Crippen LogP contribution in [0.4, 0.5) is 0 Å². The second-order valence-corrected chi connectivity index (χ2v) is 6.37. The summed E-state index contributed by atoms with van der Waals surface area (Å²) in [6.07, 6.45) is 5.28. The minimum absolute atomic E-state index is 0.114. The molecule has 0 radical (unpaired) electrons. The molecule has 2 aliphatic rings. The molecule has 1 aromatic rings. The molecular weight excluding hydrogens is 246 g/mol. The van der Waals surface area contributed by atoms with E-state index in [4.69, 9.17) is 5.73 Å². The van der Waals surface area contributed by atoms with E-state index in [0.717, 1.165) is 24.3 Å². The van der Waals surface area contributed by atoms with E-state index in [9.17, 15) is 4.79 Å². The van der Waals surface area contributed by atoms with Crippen molar-refractivity contribution in [3.8, 4) is 0 Å². The third-order valence-corrected chi connectivity index (χ3v) is 4.69. The Hall–Kier alpha value is -0.940. The molecule has 0 aliphatic heterocycles. The van der Waals surface area contributed by atoms with Gasteiger partial charge >= 0.3 is 0 Å². The Morgan fingerprint density at radius 3 is 2.94 bits per heavy atom. The van der Waals surface area contributed by atoms with Gasteiger partial charge in [0.2, 0.25) is 5.91 Å². The van der Waals surface area contributed by atoms with Crippen molar-refractivity contribution in [2.75, 3.05) is 0 Å². The van der Waals surface area contributed by atoms with E-state index < -0.39 is 0 Å². The zero-order valence-corrected chi connectivity index (χ0v) is 11.2. The van der Waals surface area contributed by atoms with Crippen molar-refractivity contribution in [2.45, 2.75) is 50.6 Å². The van der Waals surface area contributed by atoms with Crippen LogP contribution in [-0.4, -0.2) is 16.9 Å². The van der Waals surface area contributed by atoms with E-state index in [1.807, 2.05) is 0 Å². The van der Waals surface area contributed by atoms with Gasteiger partial charge in [0.1, 0.15) is 5.01 Å². The molecule has 2 aliphatic carbocycles. The van der Waals surface area contributed by atoms with Crippen molar-refractivity contribution >= 4 is 17.2 Å². The van der Waals surface area contributed by atoms with E-state index in [2.05, 4.69) is 15.7 Å². The molecule has 2 atom stereocenters. The maximum atomic E-state index is 11.9. The zero-order valence-electron chi connectivity index (χ0n) is 10.4. The van der Waals surface area contributed by atoms with Gasteiger partial charge in [0.25, 0.3) is 0 Å². The highest BCUT2D eigenvalue weighted by atomic mass is 32.1. The minimum Gasteiger partial charge on any atom is -0.349 e. The number of aromatic nitrogens is 1. The number of carbonyl (C=O) groups excluding carboxylic acids is 1. The monoisotopic (exact) mass is 265 g/mol. The highest BCUT2D eigenvalue weighted by Crippen LogP contribution is 2.40. The summed E-state index contributed by atoms with van der Waals surface area (Å²) in [5.74, 6) is 0.951. The van der Waals surface area contributed by atoms with E-state index in [1.54, 1.807) is 11.3 Å². The SMILES string of the molecule is NC1CCC(C(=O)NCc2nc(C3CC3)cs2)C1. The van der Waals surface area contributed by atoms with E-state index >= 15 is 0 Å². The summed E-state index contributed by atoms with van der Waals surface area (Å²) in [5, 5.41) is 6.14. The van der Waals surface area contributed by atoms with Crippen LogP contribution in [-0.2, 0) is 11.3 Å².